The first-order chi connectivity index (χ1) is 8.98. The molecule has 0 radical (unpaired) electrons. The van der Waals surface area contributed by atoms with Crippen molar-refractivity contribution in [2.75, 3.05) is 31.1 Å². The topological polar surface area (TPSA) is 49.4 Å². The molecule has 0 aromatic rings. The van der Waals surface area contributed by atoms with Gasteiger partial charge in [0.25, 0.3) is 0 Å². The molecule has 0 saturated carbocycles. The lowest BCUT2D eigenvalue weighted by Gasteiger charge is -2.29. The van der Waals surface area contributed by atoms with Gasteiger partial charge in [-0.2, -0.15) is 0 Å². The fourth-order valence-electron chi connectivity index (χ4n) is 2.54. The third kappa shape index (κ3) is 6.23. The Hall–Kier alpha value is -0.130. The summed E-state index contributed by atoms with van der Waals surface area (Å²) in [5.41, 5.74) is 0. The molecule has 1 saturated heterocycles. The van der Waals surface area contributed by atoms with Crippen LogP contribution >= 0.6 is 0 Å². The highest BCUT2D eigenvalue weighted by atomic mass is 32.2. The van der Waals surface area contributed by atoms with Crippen LogP contribution in [0.5, 0.6) is 0 Å². The van der Waals surface area contributed by atoms with E-state index in [0.717, 1.165) is 26.1 Å². The quantitative estimate of drug-likeness (QED) is 0.702. The molecule has 1 fully saturated rings. The highest BCUT2D eigenvalue weighted by Crippen LogP contribution is 2.11. The Morgan fingerprint density at radius 2 is 2.05 bits per heavy atom. The van der Waals surface area contributed by atoms with E-state index in [9.17, 15) is 8.42 Å². The maximum Gasteiger partial charge on any atom is 0.151 e. The zero-order chi connectivity index (χ0) is 14.3. The molecule has 1 heterocycles. The van der Waals surface area contributed by atoms with Crippen LogP contribution in [0, 0.1) is 0 Å². The van der Waals surface area contributed by atoms with Crippen LogP contribution in [0.25, 0.3) is 0 Å². The smallest absolute Gasteiger partial charge is 0.151 e. The minimum Gasteiger partial charge on any atom is -0.312 e. The number of nitrogens with zero attached hydrogens (tertiary/aromatic N) is 1. The van der Waals surface area contributed by atoms with Crippen LogP contribution in [-0.4, -0.2) is 56.5 Å². The lowest BCUT2D eigenvalue weighted by molar-refractivity contribution is 0.199. The van der Waals surface area contributed by atoms with Crippen molar-refractivity contribution in [1.82, 2.24) is 10.2 Å². The maximum atomic E-state index is 11.4. The van der Waals surface area contributed by atoms with Gasteiger partial charge in [0.2, 0.25) is 0 Å². The predicted molar refractivity (Wildman–Crippen MR) is 81.3 cm³/mol. The summed E-state index contributed by atoms with van der Waals surface area (Å²) >= 11 is 0. The molecule has 1 rings (SSSR count). The molecule has 0 spiro atoms. The van der Waals surface area contributed by atoms with Gasteiger partial charge in [0.05, 0.1) is 11.5 Å². The number of hydrogen-bond donors (Lipinski definition) is 1. The van der Waals surface area contributed by atoms with E-state index in [1.165, 1.54) is 19.3 Å². The van der Waals surface area contributed by atoms with E-state index < -0.39 is 9.84 Å². The number of hydrogen-bond acceptors (Lipinski definition) is 4. The number of rotatable bonds is 9. The molecule has 0 bridgehead atoms. The first kappa shape index (κ1) is 16.9. The molecule has 5 heteroatoms. The van der Waals surface area contributed by atoms with Gasteiger partial charge >= 0.3 is 0 Å². The monoisotopic (exact) mass is 290 g/mol. The number of nitrogens with one attached hydrogen (secondary N) is 1. The van der Waals surface area contributed by atoms with E-state index in [1.54, 1.807) is 0 Å². The fourth-order valence-corrected chi connectivity index (χ4v) is 4.25. The summed E-state index contributed by atoms with van der Waals surface area (Å²) in [6.07, 6.45) is 4.41. The highest BCUT2D eigenvalue weighted by Gasteiger charge is 2.27. The molecule has 2 unspecified atom stereocenters. The van der Waals surface area contributed by atoms with E-state index in [0.29, 0.717) is 17.5 Å². The molecular formula is C14H30N2O2S. The average Bonchev–Trinajstić information content (AvgIpc) is 2.72. The number of unbranched alkanes of at least 4 members (excludes halogenated alkanes) is 1. The second-order valence-electron chi connectivity index (χ2n) is 5.70. The Kier molecular flexibility index (Phi) is 7.32. The van der Waals surface area contributed by atoms with Crippen molar-refractivity contribution in [3.8, 4) is 0 Å². The van der Waals surface area contributed by atoms with Gasteiger partial charge in [0.1, 0.15) is 0 Å². The Balaban J connectivity index is 2.28. The van der Waals surface area contributed by atoms with E-state index in [-0.39, 0.29) is 6.04 Å². The Morgan fingerprint density at radius 3 is 2.58 bits per heavy atom. The first-order valence-corrected chi connectivity index (χ1v) is 9.48. The van der Waals surface area contributed by atoms with Gasteiger partial charge in [-0.15, -0.1) is 0 Å². The van der Waals surface area contributed by atoms with Gasteiger partial charge < -0.3 is 5.32 Å². The Labute approximate surface area is 118 Å². The van der Waals surface area contributed by atoms with Gasteiger partial charge in [-0.3, -0.25) is 4.90 Å². The van der Waals surface area contributed by atoms with E-state index in [1.807, 2.05) is 0 Å². The van der Waals surface area contributed by atoms with Gasteiger partial charge in [-0.1, -0.05) is 20.3 Å². The molecule has 4 nitrogen and oxygen atoms in total. The van der Waals surface area contributed by atoms with Gasteiger partial charge in [0, 0.05) is 25.2 Å². The largest absolute Gasteiger partial charge is 0.312 e. The fraction of sp³-hybridized carbons (Fsp3) is 1.00. The minimum absolute atomic E-state index is 0.176. The molecule has 0 amide bonds. The van der Waals surface area contributed by atoms with Crippen LogP contribution in [0.3, 0.4) is 0 Å². The lowest BCUT2D eigenvalue weighted by Crippen LogP contribution is -2.41. The molecule has 114 valence electrons. The van der Waals surface area contributed by atoms with Crippen LogP contribution in [0.15, 0.2) is 0 Å². The van der Waals surface area contributed by atoms with E-state index in [2.05, 4.69) is 31.0 Å². The van der Waals surface area contributed by atoms with Crippen molar-refractivity contribution in [3.63, 3.8) is 0 Å². The standard InChI is InChI=1S/C14H30N2O2S/c1-4-6-9-16(13(3)5-2)10-8-15-14-7-11-19(17,18)12-14/h13-15H,4-12H2,1-3H3. The van der Waals surface area contributed by atoms with Crippen molar-refractivity contribution >= 4 is 9.84 Å². The Morgan fingerprint density at radius 1 is 1.32 bits per heavy atom. The predicted octanol–water partition coefficient (Wildman–Crippen LogP) is 1.66. The van der Waals surface area contributed by atoms with Crippen LogP contribution in [0.4, 0.5) is 0 Å². The molecule has 0 aliphatic carbocycles. The maximum absolute atomic E-state index is 11.4. The summed E-state index contributed by atoms with van der Waals surface area (Å²) in [5.74, 6) is 0.681. The van der Waals surface area contributed by atoms with Crippen LogP contribution in [0.1, 0.15) is 46.5 Å². The normalized spacial score (nSPS) is 23.9. The Bertz CT molecular complexity index is 343. The van der Waals surface area contributed by atoms with Crippen LogP contribution in [-0.2, 0) is 9.84 Å². The zero-order valence-electron chi connectivity index (χ0n) is 12.7. The van der Waals surface area contributed by atoms with Crippen LogP contribution < -0.4 is 5.32 Å². The van der Waals surface area contributed by atoms with Crippen LogP contribution in [0.2, 0.25) is 0 Å². The molecule has 1 aliphatic heterocycles. The lowest BCUT2D eigenvalue weighted by atomic mass is 10.2. The highest BCUT2D eigenvalue weighted by molar-refractivity contribution is 7.91. The molecule has 1 aliphatic rings. The van der Waals surface area contributed by atoms with Crippen molar-refractivity contribution in [2.24, 2.45) is 0 Å². The molecule has 1 N–H and O–H groups in total. The summed E-state index contributed by atoms with van der Waals surface area (Å²) in [4.78, 5) is 2.51. The summed E-state index contributed by atoms with van der Waals surface area (Å²) in [7, 11) is -2.76. The van der Waals surface area contributed by atoms with Gasteiger partial charge in [0.15, 0.2) is 9.84 Å². The minimum atomic E-state index is -2.76. The molecular weight excluding hydrogens is 260 g/mol. The molecule has 0 aromatic heterocycles. The number of sulfone groups is 1. The summed E-state index contributed by atoms with van der Waals surface area (Å²) in [6, 6.07) is 0.788. The van der Waals surface area contributed by atoms with Crippen molar-refractivity contribution in [2.45, 2.75) is 58.5 Å². The first-order valence-electron chi connectivity index (χ1n) is 7.66. The van der Waals surface area contributed by atoms with Crippen molar-refractivity contribution in [3.05, 3.63) is 0 Å². The molecule has 2 atom stereocenters. The zero-order valence-corrected chi connectivity index (χ0v) is 13.5. The average molecular weight is 290 g/mol. The summed E-state index contributed by atoms with van der Waals surface area (Å²) in [6.45, 7) is 9.78. The second kappa shape index (κ2) is 8.22. The van der Waals surface area contributed by atoms with Gasteiger partial charge in [-0.25, -0.2) is 8.42 Å². The van der Waals surface area contributed by atoms with E-state index in [4.69, 9.17) is 0 Å². The molecule has 0 aromatic carbocycles. The van der Waals surface area contributed by atoms with Crippen molar-refractivity contribution < 1.29 is 8.42 Å². The third-order valence-corrected chi connectivity index (χ3v) is 5.85. The summed E-state index contributed by atoms with van der Waals surface area (Å²) in [5, 5.41) is 3.40. The van der Waals surface area contributed by atoms with Gasteiger partial charge in [-0.05, 0) is 32.7 Å². The van der Waals surface area contributed by atoms with Crippen molar-refractivity contribution in [1.29, 1.82) is 0 Å². The van der Waals surface area contributed by atoms with E-state index >= 15 is 0 Å². The second-order valence-corrected chi connectivity index (χ2v) is 7.93. The summed E-state index contributed by atoms with van der Waals surface area (Å²) < 4.78 is 22.8. The third-order valence-electron chi connectivity index (χ3n) is 4.08. The molecule has 19 heavy (non-hydrogen) atoms. The SMILES string of the molecule is CCCCN(CCNC1CCS(=O)(=O)C1)C(C)CC.